The monoisotopic (exact) mass is 345 g/mol. The molecule has 2 fully saturated rings. The van der Waals surface area contributed by atoms with Gasteiger partial charge in [0.1, 0.15) is 12.4 Å². The number of pyridine rings is 1. The van der Waals surface area contributed by atoms with Crippen LogP contribution in [-0.4, -0.2) is 72.9 Å². The van der Waals surface area contributed by atoms with Gasteiger partial charge in [-0.25, -0.2) is 9.78 Å². The SMILES string of the molecule is CN(C)c1cc([C@@H]2CCCN(C(=O)CN3C(=O)CNC3=O)C2)ccn1. The Morgan fingerprint density at radius 2 is 2.20 bits per heavy atom. The minimum Gasteiger partial charge on any atom is -0.363 e. The zero-order chi connectivity index (χ0) is 18.0. The van der Waals surface area contributed by atoms with Crippen molar-refractivity contribution in [1.82, 2.24) is 20.1 Å². The maximum absolute atomic E-state index is 12.5. The van der Waals surface area contributed by atoms with Crippen molar-refractivity contribution < 1.29 is 14.4 Å². The van der Waals surface area contributed by atoms with Gasteiger partial charge in [-0.2, -0.15) is 0 Å². The molecule has 4 amide bonds. The molecule has 0 spiro atoms. The predicted octanol–water partition coefficient (Wildman–Crippen LogP) is 0.405. The summed E-state index contributed by atoms with van der Waals surface area (Å²) in [7, 11) is 3.89. The standard InChI is InChI=1S/C17H23N5O3/c1-20(2)14-8-12(5-6-18-14)13-4-3-7-21(10-13)16(24)11-22-15(23)9-19-17(22)25/h5-6,8,13H,3-4,7,9-11H2,1-2H3,(H,19,25)/t13-/m1/s1. The summed E-state index contributed by atoms with van der Waals surface area (Å²) in [5.74, 6) is 0.594. The third-order valence-corrected chi connectivity index (χ3v) is 4.70. The van der Waals surface area contributed by atoms with Gasteiger partial charge in [-0.15, -0.1) is 0 Å². The molecule has 2 aliphatic rings. The van der Waals surface area contributed by atoms with Crippen LogP contribution in [0.25, 0.3) is 0 Å². The molecule has 2 saturated heterocycles. The lowest BCUT2D eigenvalue weighted by Crippen LogP contribution is -2.46. The summed E-state index contributed by atoms with van der Waals surface area (Å²) >= 11 is 0. The molecule has 1 atom stereocenters. The Balaban J connectivity index is 1.66. The van der Waals surface area contributed by atoms with Crippen molar-refractivity contribution in [3.8, 4) is 0 Å². The molecule has 1 aromatic heterocycles. The van der Waals surface area contributed by atoms with Gasteiger partial charge in [0.2, 0.25) is 5.91 Å². The first-order valence-corrected chi connectivity index (χ1v) is 8.45. The van der Waals surface area contributed by atoms with Crippen molar-refractivity contribution >= 4 is 23.7 Å². The Labute approximate surface area is 146 Å². The lowest BCUT2D eigenvalue weighted by molar-refractivity contribution is -0.137. The van der Waals surface area contributed by atoms with Crippen LogP contribution in [0, 0.1) is 0 Å². The Kier molecular flexibility index (Phi) is 4.87. The summed E-state index contributed by atoms with van der Waals surface area (Å²) in [5.41, 5.74) is 1.16. The van der Waals surface area contributed by atoms with Crippen molar-refractivity contribution in [2.24, 2.45) is 0 Å². The molecular weight excluding hydrogens is 322 g/mol. The van der Waals surface area contributed by atoms with Gasteiger partial charge in [-0.05, 0) is 30.5 Å². The summed E-state index contributed by atoms with van der Waals surface area (Å²) < 4.78 is 0. The molecule has 0 radical (unpaired) electrons. The highest BCUT2D eigenvalue weighted by Gasteiger charge is 2.33. The van der Waals surface area contributed by atoms with Crippen LogP contribution < -0.4 is 10.2 Å². The van der Waals surface area contributed by atoms with Gasteiger partial charge in [0.05, 0.1) is 6.54 Å². The number of likely N-dealkylation sites (tertiary alicyclic amines) is 1. The van der Waals surface area contributed by atoms with E-state index in [1.54, 1.807) is 11.1 Å². The number of piperidine rings is 1. The molecule has 0 saturated carbocycles. The fourth-order valence-corrected chi connectivity index (χ4v) is 3.26. The van der Waals surface area contributed by atoms with Gasteiger partial charge in [-0.3, -0.25) is 14.5 Å². The predicted molar refractivity (Wildman–Crippen MR) is 92.2 cm³/mol. The van der Waals surface area contributed by atoms with Crippen LogP contribution in [0.4, 0.5) is 10.6 Å². The number of amides is 4. The number of nitrogens with one attached hydrogen (secondary N) is 1. The van der Waals surface area contributed by atoms with E-state index in [0.717, 1.165) is 29.1 Å². The molecule has 2 aliphatic heterocycles. The van der Waals surface area contributed by atoms with Crippen LogP contribution in [0.5, 0.6) is 0 Å². The van der Waals surface area contributed by atoms with Crippen LogP contribution in [0.1, 0.15) is 24.3 Å². The first-order valence-electron chi connectivity index (χ1n) is 8.45. The summed E-state index contributed by atoms with van der Waals surface area (Å²) in [6, 6.07) is 3.55. The van der Waals surface area contributed by atoms with E-state index in [9.17, 15) is 14.4 Å². The second-order valence-electron chi connectivity index (χ2n) is 6.66. The zero-order valence-corrected chi connectivity index (χ0v) is 14.6. The van der Waals surface area contributed by atoms with E-state index in [4.69, 9.17) is 0 Å². The van der Waals surface area contributed by atoms with E-state index in [0.29, 0.717) is 13.1 Å². The van der Waals surface area contributed by atoms with Crippen molar-refractivity contribution in [1.29, 1.82) is 0 Å². The minimum absolute atomic E-state index is 0.0287. The number of urea groups is 1. The van der Waals surface area contributed by atoms with E-state index < -0.39 is 6.03 Å². The third-order valence-electron chi connectivity index (χ3n) is 4.70. The van der Waals surface area contributed by atoms with Gasteiger partial charge in [0.25, 0.3) is 5.91 Å². The maximum atomic E-state index is 12.5. The number of anilines is 1. The number of imide groups is 1. The first-order chi connectivity index (χ1) is 12.0. The van der Waals surface area contributed by atoms with Crippen LogP contribution in [0.2, 0.25) is 0 Å². The number of carbonyl (C=O) groups is 3. The van der Waals surface area contributed by atoms with Gasteiger partial charge < -0.3 is 15.1 Å². The number of rotatable bonds is 4. The van der Waals surface area contributed by atoms with E-state index >= 15 is 0 Å². The molecule has 1 N–H and O–H groups in total. The van der Waals surface area contributed by atoms with E-state index in [1.165, 1.54) is 0 Å². The van der Waals surface area contributed by atoms with E-state index in [2.05, 4.69) is 16.4 Å². The minimum atomic E-state index is -0.489. The van der Waals surface area contributed by atoms with Crippen molar-refractivity contribution in [3.63, 3.8) is 0 Å². The molecule has 134 valence electrons. The van der Waals surface area contributed by atoms with Crippen LogP contribution >= 0.6 is 0 Å². The molecule has 0 unspecified atom stereocenters. The van der Waals surface area contributed by atoms with Gasteiger partial charge in [0.15, 0.2) is 0 Å². The molecule has 3 rings (SSSR count). The summed E-state index contributed by atoms with van der Waals surface area (Å²) in [4.78, 5) is 44.8. The van der Waals surface area contributed by atoms with Gasteiger partial charge in [0, 0.05) is 39.3 Å². The highest BCUT2D eigenvalue weighted by atomic mass is 16.2. The highest BCUT2D eigenvalue weighted by molar-refractivity contribution is 6.04. The molecule has 3 heterocycles. The number of aromatic nitrogens is 1. The topological polar surface area (TPSA) is 85.9 Å². The van der Waals surface area contributed by atoms with E-state index in [1.807, 2.05) is 25.1 Å². The molecule has 0 aromatic carbocycles. The lowest BCUT2D eigenvalue weighted by Gasteiger charge is -2.34. The normalized spacial score (nSPS) is 20.6. The highest BCUT2D eigenvalue weighted by Crippen LogP contribution is 2.28. The van der Waals surface area contributed by atoms with Crippen LogP contribution in [0.3, 0.4) is 0 Å². The molecule has 0 bridgehead atoms. The van der Waals surface area contributed by atoms with Gasteiger partial charge in [-0.1, -0.05) is 0 Å². The number of nitrogens with zero attached hydrogens (tertiary/aromatic N) is 4. The summed E-state index contributed by atoms with van der Waals surface area (Å²) in [5, 5.41) is 2.43. The summed E-state index contributed by atoms with van der Waals surface area (Å²) in [6.45, 7) is 1.04. The first kappa shape index (κ1) is 17.2. The van der Waals surface area contributed by atoms with Crippen molar-refractivity contribution in [2.45, 2.75) is 18.8 Å². The van der Waals surface area contributed by atoms with Gasteiger partial charge >= 0.3 is 6.03 Å². The number of hydrogen-bond acceptors (Lipinski definition) is 5. The molecular formula is C17H23N5O3. The average Bonchev–Trinajstić information content (AvgIpc) is 2.94. The molecule has 1 aromatic rings. The second-order valence-corrected chi connectivity index (χ2v) is 6.66. The smallest absolute Gasteiger partial charge is 0.325 e. The average molecular weight is 345 g/mol. The quantitative estimate of drug-likeness (QED) is 0.799. The van der Waals surface area contributed by atoms with Crippen molar-refractivity contribution in [2.75, 3.05) is 45.2 Å². The van der Waals surface area contributed by atoms with E-state index in [-0.39, 0.29) is 30.8 Å². The largest absolute Gasteiger partial charge is 0.363 e. The zero-order valence-electron chi connectivity index (χ0n) is 14.6. The molecule has 25 heavy (non-hydrogen) atoms. The van der Waals surface area contributed by atoms with Crippen LogP contribution in [0.15, 0.2) is 18.3 Å². The Hall–Kier alpha value is -2.64. The molecule has 8 nitrogen and oxygen atoms in total. The third kappa shape index (κ3) is 3.72. The van der Waals surface area contributed by atoms with Crippen molar-refractivity contribution in [3.05, 3.63) is 23.9 Å². The number of carbonyl (C=O) groups excluding carboxylic acids is 3. The Morgan fingerprint density at radius 3 is 2.88 bits per heavy atom. The molecule has 0 aliphatic carbocycles. The Morgan fingerprint density at radius 1 is 1.40 bits per heavy atom. The maximum Gasteiger partial charge on any atom is 0.325 e. The number of hydrogen-bond donors (Lipinski definition) is 1. The fraction of sp³-hybridized carbons (Fsp3) is 0.529. The molecule has 8 heteroatoms. The van der Waals surface area contributed by atoms with Crippen LogP contribution in [-0.2, 0) is 9.59 Å². The Bertz CT molecular complexity index is 675. The second kappa shape index (κ2) is 7.08. The lowest BCUT2D eigenvalue weighted by atomic mass is 9.91. The fourth-order valence-electron chi connectivity index (χ4n) is 3.26. The summed E-state index contributed by atoms with van der Waals surface area (Å²) in [6.07, 6.45) is 3.69.